The fourth-order valence-electron chi connectivity index (χ4n) is 2.62. The molecule has 7 nitrogen and oxygen atoms in total. The van der Waals surface area contributed by atoms with Crippen molar-refractivity contribution in [2.75, 3.05) is 0 Å². The molecule has 4 rings (SSSR count). The summed E-state index contributed by atoms with van der Waals surface area (Å²) in [6.45, 7) is 0. The molecule has 9 heteroatoms. The van der Waals surface area contributed by atoms with Gasteiger partial charge < -0.3 is 15.6 Å². The summed E-state index contributed by atoms with van der Waals surface area (Å²) < 4.78 is 0. The van der Waals surface area contributed by atoms with Crippen LogP contribution in [0, 0.1) is 0 Å². The number of carbonyl (C=O) groups excluding carboxylic acids is 1. The number of para-hydroxylation sites is 2. The third kappa shape index (κ3) is 7.68. The Hall–Kier alpha value is -3.81. The molecule has 1 aliphatic rings. The summed E-state index contributed by atoms with van der Waals surface area (Å²) >= 11 is 4.99. The maximum Gasteiger partial charge on any atom is 0.211 e. The van der Waals surface area contributed by atoms with E-state index in [0.717, 1.165) is 5.39 Å². The molecule has 0 atom stereocenters. The van der Waals surface area contributed by atoms with E-state index in [4.69, 9.17) is 12.2 Å². The Morgan fingerprint density at radius 2 is 1.70 bits per heavy atom. The van der Waals surface area contributed by atoms with Crippen LogP contribution in [-0.2, 0) is 21.3 Å². The van der Waals surface area contributed by atoms with Gasteiger partial charge in [0.1, 0.15) is 17.0 Å². The quantitative estimate of drug-likeness (QED) is 0.142. The minimum atomic E-state index is -0.0876. The van der Waals surface area contributed by atoms with Crippen LogP contribution in [0.15, 0.2) is 102 Å². The van der Waals surface area contributed by atoms with Gasteiger partial charge in [0.15, 0.2) is 5.78 Å². The molecule has 0 radical (unpaired) electrons. The van der Waals surface area contributed by atoms with Crippen molar-refractivity contribution in [2.45, 2.75) is 0 Å². The van der Waals surface area contributed by atoms with Crippen LogP contribution in [-0.4, -0.2) is 32.3 Å². The van der Waals surface area contributed by atoms with Crippen molar-refractivity contribution < 1.29 is 31.5 Å². The molecule has 0 aliphatic heterocycles. The number of hydrogen-bond donors (Lipinski definition) is 4. The van der Waals surface area contributed by atoms with Gasteiger partial charge in [0, 0.05) is 51.6 Å². The van der Waals surface area contributed by atoms with Gasteiger partial charge in [0.25, 0.3) is 0 Å². The van der Waals surface area contributed by atoms with Crippen LogP contribution in [0.4, 0.5) is 0 Å². The molecule has 0 unspecified atom stereocenters. The minimum absolute atomic E-state index is 0. The Labute approximate surface area is 206 Å². The zero-order valence-corrected chi connectivity index (χ0v) is 19.0. The van der Waals surface area contributed by atoms with Crippen molar-refractivity contribution in [1.29, 1.82) is 0 Å². The number of aliphatic imine (C=N–C) groups is 1. The predicted molar refractivity (Wildman–Crippen MR) is 129 cm³/mol. The fraction of sp³-hybridized carbons (Fsp3) is 0. The van der Waals surface area contributed by atoms with E-state index in [1.54, 1.807) is 60.8 Å². The number of ketones is 1. The average Bonchev–Trinajstić information content (AvgIpc) is 2.81. The maximum atomic E-state index is 11.5. The van der Waals surface area contributed by atoms with E-state index >= 15 is 0 Å². The number of nitrogens with zero attached hydrogens (tertiary/aromatic N) is 2. The van der Waals surface area contributed by atoms with Gasteiger partial charge in [0.2, 0.25) is 5.11 Å². The number of thiocarbonyl (C=S) groups is 1. The summed E-state index contributed by atoms with van der Waals surface area (Å²) in [6.07, 6.45) is 11.2. The van der Waals surface area contributed by atoms with Crippen molar-refractivity contribution in [2.24, 2.45) is 4.99 Å². The SMILES string of the molecule is O=C1C=CC=C/C1=C\NNC(=S)/N=C/c1ccccc1O.Oc1cccc2cccnc12.[Ni]. The van der Waals surface area contributed by atoms with Gasteiger partial charge in [-0.25, -0.2) is 4.99 Å². The molecule has 33 heavy (non-hydrogen) atoms. The van der Waals surface area contributed by atoms with E-state index in [1.807, 2.05) is 18.2 Å². The molecular formula is C24H20N4NiO3S. The van der Waals surface area contributed by atoms with E-state index < -0.39 is 0 Å². The van der Waals surface area contributed by atoms with Crippen LogP contribution in [0.25, 0.3) is 10.9 Å². The van der Waals surface area contributed by atoms with Crippen molar-refractivity contribution in [1.82, 2.24) is 15.8 Å². The Kier molecular flexibility index (Phi) is 9.95. The van der Waals surface area contributed by atoms with Gasteiger partial charge >= 0.3 is 0 Å². The summed E-state index contributed by atoms with van der Waals surface area (Å²) in [4.78, 5) is 19.5. The smallest absolute Gasteiger partial charge is 0.211 e. The Bertz CT molecular complexity index is 1250. The third-order valence-corrected chi connectivity index (χ3v) is 4.40. The molecule has 0 saturated heterocycles. The van der Waals surface area contributed by atoms with Crippen molar-refractivity contribution in [3.63, 3.8) is 0 Å². The molecule has 1 heterocycles. The average molecular weight is 503 g/mol. The molecule has 0 bridgehead atoms. The summed E-state index contributed by atoms with van der Waals surface area (Å²) in [6, 6.07) is 15.9. The Morgan fingerprint density at radius 3 is 2.45 bits per heavy atom. The first kappa shape index (κ1) is 25.5. The second-order valence-corrected chi connectivity index (χ2v) is 6.81. The number of phenols is 2. The third-order valence-electron chi connectivity index (χ3n) is 4.19. The number of hydrazine groups is 1. The number of aromatic hydroxyl groups is 2. The van der Waals surface area contributed by atoms with Gasteiger partial charge in [0.05, 0.1) is 0 Å². The molecule has 1 aromatic heterocycles. The second kappa shape index (κ2) is 12.9. The molecule has 0 saturated carbocycles. The molecule has 0 spiro atoms. The number of pyridine rings is 1. The number of aromatic nitrogens is 1. The first-order chi connectivity index (χ1) is 15.5. The number of nitrogens with one attached hydrogen (secondary N) is 2. The Balaban J connectivity index is 0.000000270. The van der Waals surface area contributed by atoms with E-state index in [1.165, 1.54) is 18.5 Å². The van der Waals surface area contributed by atoms with Crippen molar-refractivity contribution in [3.8, 4) is 11.5 Å². The second-order valence-electron chi connectivity index (χ2n) is 6.43. The normalized spacial score (nSPS) is 13.3. The van der Waals surface area contributed by atoms with Gasteiger partial charge in [-0.2, -0.15) is 0 Å². The molecule has 170 valence electrons. The number of rotatable bonds is 3. The van der Waals surface area contributed by atoms with Crippen molar-refractivity contribution in [3.05, 3.63) is 102 Å². The first-order valence-corrected chi connectivity index (χ1v) is 9.95. The number of carbonyl (C=O) groups is 1. The van der Waals surface area contributed by atoms with E-state index in [9.17, 15) is 15.0 Å². The van der Waals surface area contributed by atoms with Gasteiger partial charge in [-0.05, 0) is 48.6 Å². The van der Waals surface area contributed by atoms with Crippen LogP contribution in [0.5, 0.6) is 11.5 Å². The number of phenolic OH excluding ortho intramolecular Hbond substituents is 2. The Morgan fingerprint density at radius 1 is 0.970 bits per heavy atom. The molecule has 2 aromatic carbocycles. The van der Waals surface area contributed by atoms with Gasteiger partial charge in [-0.1, -0.05) is 42.5 Å². The predicted octanol–water partition coefficient (Wildman–Crippen LogP) is 3.71. The molecular weight excluding hydrogens is 483 g/mol. The first-order valence-electron chi connectivity index (χ1n) is 9.54. The maximum absolute atomic E-state index is 11.5. The zero-order chi connectivity index (χ0) is 22.8. The molecule has 4 N–H and O–H groups in total. The standard InChI is InChI=1S/C15H13N3O2S.C9H7NO.Ni/c19-13-7-3-1-5-11(13)9-16-15(21)18-17-10-12-6-2-4-8-14(12)20;11-8-5-1-3-7-4-2-6-10-9(7)8;/h1-10,17,19H,(H,18,21);1-6,11H;/b12-10+,16-9+;;. The van der Waals surface area contributed by atoms with E-state index in [-0.39, 0.29) is 38.9 Å². The van der Waals surface area contributed by atoms with Gasteiger partial charge in [-0.3, -0.25) is 15.2 Å². The number of allylic oxidation sites excluding steroid dienone is 5. The van der Waals surface area contributed by atoms with E-state index in [2.05, 4.69) is 20.8 Å². The number of benzene rings is 2. The fourth-order valence-corrected chi connectivity index (χ4v) is 2.73. The summed E-state index contributed by atoms with van der Waals surface area (Å²) in [5, 5.41) is 20.0. The minimum Gasteiger partial charge on any atom is -0.507 e. The van der Waals surface area contributed by atoms with Gasteiger partial charge in [-0.15, -0.1) is 0 Å². The molecule has 3 aromatic rings. The summed E-state index contributed by atoms with van der Waals surface area (Å²) in [5.74, 6) is 0.280. The number of hydrogen-bond acceptors (Lipinski definition) is 6. The van der Waals surface area contributed by atoms with Crippen molar-refractivity contribution >= 4 is 40.2 Å². The number of fused-ring (bicyclic) bond motifs is 1. The van der Waals surface area contributed by atoms with Crippen LogP contribution < -0.4 is 10.9 Å². The summed E-state index contributed by atoms with van der Waals surface area (Å²) in [5.41, 5.74) is 7.10. The van der Waals surface area contributed by atoms with Crippen LogP contribution in [0.1, 0.15) is 5.56 Å². The monoisotopic (exact) mass is 502 g/mol. The summed E-state index contributed by atoms with van der Waals surface area (Å²) in [7, 11) is 0. The largest absolute Gasteiger partial charge is 0.507 e. The zero-order valence-electron chi connectivity index (χ0n) is 17.2. The molecule has 0 fully saturated rings. The van der Waals surface area contributed by atoms with E-state index in [0.29, 0.717) is 16.7 Å². The topological polar surface area (TPSA) is 107 Å². The van der Waals surface area contributed by atoms with Crippen LogP contribution in [0.3, 0.4) is 0 Å². The molecule has 0 amide bonds. The molecule has 1 aliphatic carbocycles. The van der Waals surface area contributed by atoms with Crippen LogP contribution in [0.2, 0.25) is 0 Å². The van der Waals surface area contributed by atoms with Crippen LogP contribution >= 0.6 is 12.2 Å².